The van der Waals surface area contributed by atoms with E-state index in [0.717, 1.165) is 24.2 Å². The first-order chi connectivity index (χ1) is 10.7. The molecule has 2 N–H and O–H groups in total. The zero-order chi connectivity index (χ0) is 15.8. The summed E-state index contributed by atoms with van der Waals surface area (Å²) >= 11 is 0. The SMILES string of the molecule is COc1cccc(C(O)CNC(C)CCc2ccccc2)c1. The van der Waals surface area contributed by atoms with Crippen molar-refractivity contribution in [3.63, 3.8) is 0 Å². The van der Waals surface area contributed by atoms with Crippen LogP contribution in [0.1, 0.15) is 30.6 Å². The fourth-order valence-electron chi connectivity index (χ4n) is 2.41. The van der Waals surface area contributed by atoms with Gasteiger partial charge in [-0.05, 0) is 43.0 Å². The molecule has 0 radical (unpaired) electrons. The van der Waals surface area contributed by atoms with Crippen molar-refractivity contribution in [3.8, 4) is 5.75 Å². The van der Waals surface area contributed by atoms with Crippen molar-refractivity contribution in [2.24, 2.45) is 0 Å². The van der Waals surface area contributed by atoms with Gasteiger partial charge in [0, 0.05) is 12.6 Å². The number of benzene rings is 2. The van der Waals surface area contributed by atoms with Gasteiger partial charge in [-0.1, -0.05) is 42.5 Å². The number of aliphatic hydroxyl groups excluding tert-OH is 1. The number of methoxy groups -OCH3 is 1. The van der Waals surface area contributed by atoms with Gasteiger partial charge >= 0.3 is 0 Å². The molecule has 0 aliphatic heterocycles. The summed E-state index contributed by atoms with van der Waals surface area (Å²) < 4.78 is 5.19. The Balaban J connectivity index is 1.76. The minimum atomic E-state index is -0.519. The fourth-order valence-corrected chi connectivity index (χ4v) is 2.41. The predicted octanol–water partition coefficient (Wildman–Crippen LogP) is 3.34. The van der Waals surface area contributed by atoms with Crippen LogP contribution < -0.4 is 10.1 Å². The van der Waals surface area contributed by atoms with E-state index < -0.39 is 6.10 Å². The summed E-state index contributed by atoms with van der Waals surface area (Å²) in [4.78, 5) is 0. The molecule has 2 atom stereocenters. The van der Waals surface area contributed by atoms with Gasteiger partial charge in [-0.25, -0.2) is 0 Å². The van der Waals surface area contributed by atoms with Gasteiger partial charge in [0.05, 0.1) is 13.2 Å². The lowest BCUT2D eigenvalue weighted by molar-refractivity contribution is 0.169. The molecule has 2 unspecified atom stereocenters. The second-order valence-corrected chi connectivity index (χ2v) is 5.63. The number of hydrogen-bond donors (Lipinski definition) is 2. The molecule has 3 heteroatoms. The minimum Gasteiger partial charge on any atom is -0.497 e. The molecule has 0 heterocycles. The lowest BCUT2D eigenvalue weighted by Crippen LogP contribution is -2.30. The van der Waals surface area contributed by atoms with Gasteiger partial charge in [0.2, 0.25) is 0 Å². The third-order valence-electron chi connectivity index (χ3n) is 3.85. The molecule has 0 aliphatic rings. The predicted molar refractivity (Wildman–Crippen MR) is 90.2 cm³/mol. The molecule has 3 nitrogen and oxygen atoms in total. The average molecular weight is 299 g/mol. The number of rotatable bonds is 8. The van der Waals surface area contributed by atoms with Crippen LogP contribution in [0.25, 0.3) is 0 Å². The van der Waals surface area contributed by atoms with Crippen LogP contribution in [0.15, 0.2) is 54.6 Å². The van der Waals surface area contributed by atoms with E-state index in [1.165, 1.54) is 5.56 Å². The van der Waals surface area contributed by atoms with Gasteiger partial charge in [0.25, 0.3) is 0 Å². The molecule has 118 valence electrons. The van der Waals surface area contributed by atoms with Crippen molar-refractivity contribution >= 4 is 0 Å². The van der Waals surface area contributed by atoms with Gasteiger partial charge in [0.15, 0.2) is 0 Å². The molecule has 0 aliphatic carbocycles. The molecule has 0 bridgehead atoms. The number of hydrogen-bond acceptors (Lipinski definition) is 3. The number of aryl methyl sites for hydroxylation is 1. The molecular weight excluding hydrogens is 274 g/mol. The van der Waals surface area contributed by atoms with Crippen LogP contribution in [-0.2, 0) is 6.42 Å². The van der Waals surface area contributed by atoms with E-state index in [0.29, 0.717) is 12.6 Å². The van der Waals surface area contributed by atoms with Gasteiger partial charge in [-0.15, -0.1) is 0 Å². The van der Waals surface area contributed by atoms with Crippen molar-refractivity contribution in [3.05, 3.63) is 65.7 Å². The highest BCUT2D eigenvalue weighted by molar-refractivity contribution is 5.29. The van der Waals surface area contributed by atoms with Gasteiger partial charge in [-0.2, -0.15) is 0 Å². The van der Waals surface area contributed by atoms with Gasteiger partial charge in [-0.3, -0.25) is 0 Å². The summed E-state index contributed by atoms with van der Waals surface area (Å²) in [5.41, 5.74) is 2.23. The maximum atomic E-state index is 10.3. The Morgan fingerprint density at radius 2 is 1.86 bits per heavy atom. The Labute approximate surface area is 133 Å². The van der Waals surface area contributed by atoms with Crippen LogP contribution >= 0.6 is 0 Å². The normalized spacial score (nSPS) is 13.6. The summed E-state index contributed by atoms with van der Waals surface area (Å²) in [6, 6.07) is 18.4. The first-order valence-corrected chi connectivity index (χ1v) is 7.78. The highest BCUT2D eigenvalue weighted by Crippen LogP contribution is 2.18. The highest BCUT2D eigenvalue weighted by atomic mass is 16.5. The summed E-state index contributed by atoms with van der Waals surface area (Å²) in [6.45, 7) is 2.70. The Hall–Kier alpha value is -1.84. The Kier molecular flexibility index (Phi) is 6.44. The fraction of sp³-hybridized carbons (Fsp3) is 0.368. The number of nitrogens with one attached hydrogen (secondary N) is 1. The van der Waals surface area contributed by atoms with E-state index in [2.05, 4.69) is 36.5 Å². The lowest BCUT2D eigenvalue weighted by atomic mass is 10.1. The highest BCUT2D eigenvalue weighted by Gasteiger charge is 2.10. The van der Waals surface area contributed by atoms with Gasteiger partial charge in [0.1, 0.15) is 5.75 Å². The van der Waals surface area contributed by atoms with E-state index in [-0.39, 0.29) is 0 Å². The van der Waals surface area contributed by atoms with Crippen molar-refractivity contribution in [2.45, 2.75) is 31.9 Å². The lowest BCUT2D eigenvalue weighted by Gasteiger charge is -2.18. The smallest absolute Gasteiger partial charge is 0.119 e. The Morgan fingerprint density at radius 3 is 2.59 bits per heavy atom. The summed E-state index contributed by atoms with van der Waals surface area (Å²) in [5, 5.41) is 13.7. The Bertz CT molecular complexity index is 556. The van der Waals surface area contributed by atoms with Gasteiger partial charge < -0.3 is 15.2 Å². The standard InChI is InChI=1S/C19H25NO2/c1-15(11-12-16-7-4-3-5-8-16)20-14-19(21)17-9-6-10-18(13-17)22-2/h3-10,13,15,19-21H,11-12,14H2,1-2H3. The monoisotopic (exact) mass is 299 g/mol. The number of ether oxygens (including phenoxy) is 1. The largest absolute Gasteiger partial charge is 0.497 e. The molecule has 0 saturated heterocycles. The van der Waals surface area contributed by atoms with Crippen LogP contribution in [0.4, 0.5) is 0 Å². The zero-order valence-electron chi connectivity index (χ0n) is 13.3. The topological polar surface area (TPSA) is 41.5 Å². The molecule has 2 rings (SSSR count). The zero-order valence-corrected chi connectivity index (χ0v) is 13.3. The first-order valence-electron chi connectivity index (χ1n) is 7.78. The maximum Gasteiger partial charge on any atom is 0.119 e. The molecule has 0 aromatic heterocycles. The maximum absolute atomic E-state index is 10.3. The second-order valence-electron chi connectivity index (χ2n) is 5.63. The molecule has 0 spiro atoms. The summed E-state index contributed by atoms with van der Waals surface area (Å²) in [6.07, 6.45) is 1.58. The summed E-state index contributed by atoms with van der Waals surface area (Å²) in [5.74, 6) is 0.772. The average Bonchev–Trinajstić information content (AvgIpc) is 2.58. The molecule has 22 heavy (non-hydrogen) atoms. The number of aliphatic hydroxyl groups is 1. The van der Waals surface area contributed by atoms with Crippen molar-refractivity contribution in [2.75, 3.05) is 13.7 Å². The van der Waals surface area contributed by atoms with Crippen LogP contribution in [0.2, 0.25) is 0 Å². The van der Waals surface area contributed by atoms with Crippen LogP contribution in [0.3, 0.4) is 0 Å². The molecule has 0 fully saturated rings. The van der Waals surface area contributed by atoms with Crippen molar-refractivity contribution in [1.29, 1.82) is 0 Å². The third-order valence-corrected chi connectivity index (χ3v) is 3.85. The van der Waals surface area contributed by atoms with Crippen molar-refractivity contribution in [1.82, 2.24) is 5.32 Å². The molecular formula is C19H25NO2. The molecule has 0 amide bonds. The van der Waals surface area contributed by atoms with Crippen LogP contribution in [0, 0.1) is 0 Å². The van der Waals surface area contributed by atoms with E-state index in [9.17, 15) is 5.11 Å². The van der Waals surface area contributed by atoms with Crippen LogP contribution in [0.5, 0.6) is 5.75 Å². The van der Waals surface area contributed by atoms with E-state index in [1.54, 1.807) is 7.11 Å². The summed E-state index contributed by atoms with van der Waals surface area (Å²) in [7, 11) is 1.63. The Morgan fingerprint density at radius 1 is 1.09 bits per heavy atom. The van der Waals surface area contributed by atoms with E-state index >= 15 is 0 Å². The van der Waals surface area contributed by atoms with Crippen molar-refractivity contribution < 1.29 is 9.84 Å². The molecule has 2 aromatic carbocycles. The van der Waals surface area contributed by atoms with Crippen LogP contribution in [-0.4, -0.2) is 24.8 Å². The minimum absolute atomic E-state index is 0.362. The quantitative estimate of drug-likeness (QED) is 0.785. The second kappa shape index (κ2) is 8.57. The van der Waals surface area contributed by atoms with E-state index in [4.69, 9.17) is 4.74 Å². The molecule has 0 saturated carbocycles. The van der Waals surface area contributed by atoms with E-state index in [1.807, 2.05) is 30.3 Å². The molecule has 2 aromatic rings. The third kappa shape index (κ3) is 5.17. The first kappa shape index (κ1) is 16.5.